The fourth-order valence-electron chi connectivity index (χ4n) is 4.66. The lowest BCUT2D eigenvalue weighted by Crippen LogP contribution is -2.41. The summed E-state index contributed by atoms with van der Waals surface area (Å²) in [4.78, 5) is 32.7. The Labute approximate surface area is 226 Å². The summed E-state index contributed by atoms with van der Waals surface area (Å²) in [6.45, 7) is 7.41. The van der Waals surface area contributed by atoms with Gasteiger partial charge in [-0.3, -0.25) is 14.5 Å². The highest BCUT2D eigenvalue weighted by atomic mass is 32.2. The predicted octanol–water partition coefficient (Wildman–Crippen LogP) is 2.65. The normalized spacial score (nSPS) is 15.7. The zero-order valence-electron chi connectivity index (χ0n) is 22.9. The van der Waals surface area contributed by atoms with Crippen LogP contribution in [0.15, 0.2) is 53.4 Å². The van der Waals surface area contributed by atoms with Gasteiger partial charge in [-0.15, -0.1) is 0 Å². The van der Waals surface area contributed by atoms with Crippen molar-refractivity contribution in [3.8, 4) is 0 Å². The number of nitrogens with one attached hydrogen (secondary N) is 1. The van der Waals surface area contributed by atoms with Gasteiger partial charge in [0.2, 0.25) is 15.9 Å². The molecule has 0 bridgehead atoms. The Morgan fingerprint density at radius 3 is 2.34 bits per heavy atom. The number of benzene rings is 2. The monoisotopic (exact) mass is 544 g/mol. The van der Waals surface area contributed by atoms with Crippen LogP contribution in [0.25, 0.3) is 0 Å². The summed E-state index contributed by atoms with van der Waals surface area (Å²) in [5.74, 6) is -0.0821. The van der Waals surface area contributed by atoms with Crippen molar-refractivity contribution in [3.63, 3.8) is 0 Å². The predicted molar refractivity (Wildman–Crippen MR) is 148 cm³/mol. The standard InChI is InChI=1S/C28H40N4O5S/c1-22(2)30-16-7-17-32(28(34)21-37-4)26-9-6-5-8-24(26)20-31(19-18-30)27(33)15-12-23-10-13-25(14-11-23)38(35,36)29-3/h5-6,8-11,13-14,22,29H,7,12,15-21H2,1-4H3. The van der Waals surface area contributed by atoms with Crippen molar-refractivity contribution < 1.29 is 22.7 Å². The molecule has 1 aliphatic rings. The fourth-order valence-corrected chi connectivity index (χ4v) is 5.39. The Hall–Kier alpha value is -2.79. The van der Waals surface area contributed by atoms with Gasteiger partial charge in [0.15, 0.2) is 0 Å². The Kier molecular flexibility index (Phi) is 10.8. The summed E-state index contributed by atoms with van der Waals surface area (Å²) in [6.07, 6.45) is 1.62. The molecule has 10 heteroatoms. The number of hydrogen-bond donors (Lipinski definition) is 1. The summed E-state index contributed by atoms with van der Waals surface area (Å²) in [5, 5.41) is 0. The van der Waals surface area contributed by atoms with Crippen LogP contribution >= 0.6 is 0 Å². The van der Waals surface area contributed by atoms with E-state index in [0.29, 0.717) is 38.5 Å². The van der Waals surface area contributed by atoms with Crippen molar-refractivity contribution in [1.82, 2.24) is 14.5 Å². The van der Waals surface area contributed by atoms with Crippen LogP contribution in [-0.4, -0.2) is 83.0 Å². The number of carbonyl (C=O) groups is 2. The molecule has 0 saturated carbocycles. The lowest BCUT2D eigenvalue weighted by molar-refractivity contribution is -0.132. The maximum Gasteiger partial charge on any atom is 0.252 e. The number of ether oxygens (including phenoxy) is 1. The average Bonchev–Trinajstić information content (AvgIpc) is 2.94. The summed E-state index contributed by atoms with van der Waals surface area (Å²) in [5.41, 5.74) is 2.63. The summed E-state index contributed by atoms with van der Waals surface area (Å²) >= 11 is 0. The van der Waals surface area contributed by atoms with Gasteiger partial charge in [-0.1, -0.05) is 30.3 Å². The van der Waals surface area contributed by atoms with Gasteiger partial charge in [0, 0.05) is 58.0 Å². The lowest BCUT2D eigenvalue weighted by atomic mass is 10.1. The number of hydrogen-bond acceptors (Lipinski definition) is 6. The van der Waals surface area contributed by atoms with E-state index in [1.807, 2.05) is 29.2 Å². The van der Waals surface area contributed by atoms with Crippen LogP contribution in [0.2, 0.25) is 0 Å². The molecule has 0 aliphatic carbocycles. The zero-order chi connectivity index (χ0) is 27.7. The molecular formula is C28H40N4O5S. The molecule has 2 aromatic carbocycles. The van der Waals surface area contributed by atoms with Crippen molar-refractivity contribution in [1.29, 1.82) is 0 Å². The Balaban J connectivity index is 1.82. The largest absolute Gasteiger partial charge is 0.375 e. The number of nitrogens with zero attached hydrogens (tertiary/aromatic N) is 3. The van der Waals surface area contributed by atoms with Gasteiger partial charge in [-0.2, -0.15) is 0 Å². The summed E-state index contributed by atoms with van der Waals surface area (Å²) in [6, 6.07) is 14.7. The van der Waals surface area contributed by atoms with Crippen LogP contribution in [0.5, 0.6) is 0 Å². The second-order valence-electron chi connectivity index (χ2n) is 9.76. The minimum atomic E-state index is -3.50. The van der Waals surface area contributed by atoms with E-state index in [1.54, 1.807) is 29.2 Å². The number of rotatable bonds is 8. The van der Waals surface area contributed by atoms with E-state index in [2.05, 4.69) is 23.5 Å². The first-order valence-corrected chi connectivity index (χ1v) is 14.6. The van der Waals surface area contributed by atoms with Crippen LogP contribution in [0.3, 0.4) is 0 Å². The van der Waals surface area contributed by atoms with E-state index in [0.717, 1.165) is 36.3 Å². The zero-order valence-corrected chi connectivity index (χ0v) is 23.7. The van der Waals surface area contributed by atoms with Crippen molar-refractivity contribution in [3.05, 3.63) is 59.7 Å². The van der Waals surface area contributed by atoms with Crippen molar-refractivity contribution in [2.24, 2.45) is 0 Å². The number of amides is 2. The van der Waals surface area contributed by atoms with E-state index in [-0.39, 0.29) is 23.3 Å². The molecule has 1 aliphatic heterocycles. The molecule has 3 rings (SSSR count). The first kappa shape index (κ1) is 29.8. The number of para-hydroxylation sites is 1. The summed E-state index contributed by atoms with van der Waals surface area (Å²) < 4.78 is 31.4. The van der Waals surface area contributed by atoms with Crippen LogP contribution in [-0.2, 0) is 37.3 Å². The van der Waals surface area contributed by atoms with Crippen LogP contribution in [0, 0.1) is 0 Å². The molecule has 0 radical (unpaired) electrons. The molecule has 0 saturated heterocycles. The number of methoxy groups -OCH3 is 1. The van der Waals surface area contributed by atoms with E-state index in [4.69, 9.17) is 4.74 Å². The molecule has 9 nitrogen and oxygen atoms in total. The van der Waals surface area contributed by atoms with Gasteiger partial charge in [-0.25, -0.2) is 13.1 Å². The van der Waals surface area contributed by atoms with Gasteiger partial charge >= 0.3 is 0 Å². The van der Waals surface area contributed by atoms with E-state index in [1.165, 1.54) is 14.2 Å². The van der Waals surface area contributed by atoms with Gasteiger partial charge in [0.1, 0.15) is 6.61 Å². The van der Waals surface area contributed by atoms with Crippen molar-refractivity contribution >= 4 is 27.5 Å². The second kappa shape index (κ2) is 13.8. The van der Waals surface area contributed by atoms with E-state index < -0.39 is 10.0 Å². The third-order valence-electron chi connectivity index (χ3n) is 6.91. The fraction of sp³-hybridized carbons (Fsp3) is 0.500. The maximum absolute atomic E-state index is 13.5. The molecule has 2 aromatic rings. The Morgan fingerprint density at radius 1 is 0.974 bits per heavy atom. The first-order chi connectivity index (χ1) is 18.2. The molecule has 1 heterocycles. The second-order valence-corrected chi connectivity index (χ2v) is 11.6. The topological polar surface area (TPSA) is 99.3 Å². The highest BCUT2D eigenvalue weighted by Gasteiger charge is 2.24. The van der Waals surface area contributed by atoms with Crippen molar-refractivity contribution in [2.45, 2.75) is 50.6 Å². The van der Waals surface area contributed by atoms with Crippen LogP contribution in [0.4, 0.5) is 5.69 Å². The molecule has 38 heavy (non-hydrogen) atoms. The minimum absolute atomic E-state index is 0.000711. The molecule has 0 spiro atoms. The Morgan fingerprint density at radius 2 is 1.68 bits per heavy atom. The lowest BCUT2D eigenvalue weighted by Gasteiger charge is -2.30. The molecule has 208 valence electrons. The highest BCUT2D eigenvalue weighted by molar-refractivity contribution is 7.89. The molecular weight excluding hydrogens is 504 g/mol. The summed E-state index contributed by atoms with van der Waals surface area (Å²) in [7, 11) is -0.605. The third-order valence-corrected chi connectivity index (χ3v) is 8.34. The van der Waals surface area contributed by atoms with Gasteiger partial charge in [-0.05, 0) is 63.1 Å². The van der Waals surface area contributed by atoms with Gasteiger partial charge < -0.3 is 14.5 Å². The SMILES string of the molecule is CNS(=O)(=O)c1ccc(CCC(=O)N2CCN(C(C)C)CCCN(C(=O)COC)c3ccccc3C2)cc1. The first-order valence-electron chi connectivity index (χ1n) is 13.1. The Bertz CT molecular complexity index is 1180. The quantitative estimate of drug-likeness (QED) is 0.549. The molecule has 1 N–H and O–H groups in total. The number of aryl methyl sites for hydroxylation is 1. The van der Waals surface area contributed by atoms with Gasteiger partial charge in [0.05, 0.1) is 4.90 Å². The highest BCUT2D eigenvalue weighted by Crippen LogP contribution is 2.24. The molecule has 0 fully saturated rings. The van der Waals surface area contributed by atoms with Crippen LogP contribution < -0.4 is 9.62 Å². The number of sulfonamides is 1. The van der Waals surface area contributed by atoms with Gasteiger partial charge in [0.25, 0.3) is 5.91 Å². The number of carbonyl (C=O) groups excluding carboxylic acids is 2. The van der Waals surface area contributed by atoms with Crippen molar-refractivity contribution in [2.75, 3.05) is 51.8 Å². The maximum atomic E-state index is 13.5. The average molecular weight is 545 g/mol. The number of fused-ring (bicyclic) bond motifs is 1. The minimum Gasteiger partial charge on any atom is -0.375 e. The smallest absolute Gasteiger partial charge is 0.252 e. The number of anilines is 1. The van der Waals surface area contributed by atoms with E-state index >= 15 is 0 Å². The third kappa shape index (κ3) is 7.86. The molecule has 0 unspecified atom stereocenters. The molecule has 2 amide bonds. The van der Waals surface area contributed by atoms with Crippen LogP contribution in [0.1, 0.15) is 37.8 Å². The molecule has 0 aromatic heterocycles. The van der Waals surface area contributed by atoms with E-state index in [9.17, 15) is 18.0 Å². The molecule has 0 atom stereocenters.